The zero-order chi connectivity index (χ0) is 14.8. The van der Waals surface area contributed by atoms with Crippen molar-refractivity contribution in [1.82, 2.24) is 14.5 Å². The summed E-state index contributed by atoms with van der Waals surface area (Å²) in [6, 6.07) is 1.54. The number of hydrogen-bond donors (Lipinski definition) is 1. The lowest BCUT2D eigenvalue weighted by molar-refractivity contribution is 0.207. The second-order valence-corrected chi connectivity index (χ2v) is 6.35. The molecule has 0 saturated heterocycles. The molecule has 112 valence electrons. The Morgan fingerprint density at radius 1 is 1.15 bits per heavy atom. The molecule has 1 heterocycles. The van der Waals surface area contributed by atoms with Gasteiger partial charge in [-0.05, 0) is 18.3 Å². The summed E-state index contributed by atoms with van der Waals surface area (Å²) in [6.07, 6.45) is 6.48. The molecule has 0 amide bonds. The van der Waals surface area contributed by atoms with Crippen LogP contribution in [0.5, 0.6) is 0 Å². The molecule has 0 aliphatic heterocycles. The van der Waals surface area contributed by atoms with Crippen molar-refractivity contribution in [3.63, 3.8) is 0 Å². The van der Waals surface area contributed by atoms with Crippen molar-refractivity contribution in [1.29, 1.82) is 0 Å². The molecule has 1 N–H and O–H groups in total. The molecule has 1 aliphatic rings. The van der Waals surface area contributed by atoms with Crippen molar-refractivity contribution < 1.29 is 0 Å². The number of rotatable bonds is 4. The van der Waals surface area contributed by atoms with E-state index in [0.29, 0.717) is 12.0 Å². The van der Waals surface area contributed by atoms with E-state index in [1.165, 1.54) is 49.8 Å². The third-order valence-electron chi connectivity index (χ3n) is 4.54. The highest BCUT2D eigenvalue weighted by molar-refractivity contribution is 5.02. The Hall–Kier alpha value is -1.36. The minimum absolute atomic E-state index is 0.242. The molecule has 0 aromatic carbocycles. The Kier molecular flexibility index (Phi) is 4.48. The predicted molar refractivity (Wildman–Crippen MR) is 79.8 cm³/mol. The molecule has 20 heavy (non-hydrogen) atoms. The zero-order valence-corrected chi connectivity index (χ0v) is 12.7. The van der Waals surface area contributed by atoms with E-state index in [9.17, 15) is 9.59 Å². The second-order valence-electron chi connectivity index (χ2n) is 6.35. The van der Waals surface area contributed by atoms with Gasteiger partial charge in [-0.1, -0.05) is 26.2 Å². The maximum atomic E-state index is 11.8. The number of hydrogen-bond acceptors (Lipinski definition) is 3. The first-order valence-corrected chi connectivity index (χ1v) is 7.40. The molecule has 0 bridgehead atoms. The van der Waals surface area contributed by atoms with Crippen molar-refractivity contribution in [3.05, 3.63) is 32.6 Å². The van der Waals surface area contributed by atoms with E-state index in [2.05, 4.69) is 12.2 Å². The van der Waals surface area contributed by atoms with Gasteiger partial charge < -0.3 is 5.32 Å². The summed E-state index contributed by atoms with van der Waals surface area (Å²) in [5, 5.41) is 3.42. The van der Waals surface area contributed by atoms with Gasteiger partial charge in [-0.2, -0.15) is 0 Å². The Labute approximate surface area is 119 Å². The van der Waals surface area contributed by atoms with E-state index in [0.717, 1.165) is 16.8 Å². The first kappa shape index (κ1) is 15.0. The summed E-state index contributed by atoms with van der Waals surface area (Å²) in [6.45, 7) is 3.83. The number of aromatic nitrogens is 2. The monoisotopic (exact) mass is 279 g/mol. The third-order valence-corrected chi connectivity index (χ3v) is 4.54. The van der Waals surface area contributed by atoms with E-state index >= 15 is 0 Å². The Balaban J connectivity index is 2.01. The fourth-order valence-electron chi connectivity index (χ4n) is 3.02. The molecule has 1 fully saturated rings. The largest absolute Gasteiger partial charge is 0.330 e. The molecule has 0 atom stereocenters. The van der Waals surface area contributed by atoms with Gasteiger partial charge in [-0.3, -0.25) is 13.9 Å². The van der Waals surface area contributed by atoms with Crippen LogP contribution < -0.4 is 16.6 Å². The van der Waals surface area contributed by atoms with Crippen molar-refractivity contribution in [3.8, 4) is 0 Å². The number of nitrogens with zero attached hydrogens (tertiary/aromatic N) is 2. The van der Waals surface area contributed by atoms with E-state index in [-0.39, 0.29) is 11.2 Å². The smallest absolute Gasteiger partial charge is 0.311 e. The Morgan fingerprint density at radius 2 is 1.80 bits per heavy atom. The van der Waals surface area contributed by atoms with Crippen LogP contribution in [0.3, 0.4) is 0 Å². The molecule has 0 spiro atoms. The molecule has 1 saturated carbocycles. The van der Waals surface area contributed by atoms with Crippen LogP contribution in [0.2, 0.25) is 0 Å². The van der Waals surface area contributed by atoms with Crippen LogP contribution in [0, 0.1) is 5.41 Å². The quantitative estimate of drug-likeness (QED) is 0.899. The maximum absolute atomic E-state index is 11.8. The van der Waals surface area contributed by atoms with Gasteiger partial charge in [0, 0.05) is 38.9 Å². The van der Waals surface area contributed by atoms with Gasteiger partial charge in [0.05, 0.1) is 0 Å². The third kappa shape index (κ3) is 3.20. The Bertz CT molecular complexity index is 580. The summed E-state index contributed by atoms with van der Waals surface area (Å²) in [4.78, 5) is 23.5. The zero-order valence-electron chi connectivity index (χ0n) is 12.7. The first-order valence-electron chi connectivity index (χ1n) is 7.40. The van der Waals surface area contributed by atoms with Gasteiger partial charge in [-0.25, -0.2) is 4.79 Å². The first-order chi connectivity index (χ1) is 9.43. The van der Waals surface area contributed by atoms with Crippen molar-refractivity contribution in [2.75, 3.05) is 6.54 Å². The molecule has 0 unspecified atom stereocenters. The van der Waals surface area contributed by atoms with E-state index in [1.807, 2.05) is 0 Å². The van der Waals surface area contributed by atoms with Crippen LogP contribution in [-0.2, 0) is 20.6 Å². The lowest BCUT2D eigenvalue weighted by atomic mass is 9.76. The van der Waals surface area contributed by atoms with Crippen molar-refractivity contribution in [2.45, 2.75) is 45.6 Å². The number of nitrogens with one attached hydrogen (secondary N) is 1. The van der Waals surface area contributed by atoms with E-state index in [1.54, 1.807) is 7.05 Å². The maximum Gasteiger partial charge on any atom is 0.330 e. The van der Waals surface area contributed by atoms with Crippen molar-refractivity contribution in [2.24, 2.45) is 19.5 Å². The van der Waals surface area contributed by atoms with E-state index < -0.39 is 0 Å². The van der Waals surface area contributed by atoms with Crippen molar-refractivity contribution >= 4 is 0 Å². The molecule has 1 aromatic rings. The van der Waals surface area contributed by atoms with Gasteiger partial charge in [0.25, 0.3) is 5.56 Å². The molecule has 1 aromatic heterocycles. The van der Waals surface area contributed by atoms with Crippen LogP contribution in [0.4, 0.5) is 0 Å². The van der Waals surface area contributed by atoms with Gasteiger partial charge in [0.2, 0.25) is 0 Å². The highest BCUT2D eigenvalue weighted by Crippen LogP contribution is 2.34. The van der Waals surface area contributed by atoms with Crippen LogP contribution >= 0.6 is 0 Å². The minimum atomic E-state index is -0.266. The highest BCUT2D eigenvalue weighted by Gasteiger charge is 2.26. The Morgan fingerprint density at radius 3 is 2.45 bits per heavy atom. The van der Waals surface area contributed by atoms with Gasteiger partial charge in [0.15, 0.2) is 0 Å². The van der Waals surface area contributed by atoms with Gasteiger partial charge in [-0.15, -0.1) is 0 Å². The van der Waals surface area contributed by atoms with Crippen LogP contribution in [-0.4, -0.2) is 15.7 Å². The van der Waals surface area contributed by atoms with E-state index in [4.69, 9.17) is 0 Å². The molecule has 0 radical (unpaired) electrons. The fraction of sp³-hybridized carbons (Fsp3) is 0.733. The molecule has 1 aliphatic carbocycles. The molecule has 2 rings (SSSR count). The molecule has 5 nitrogen and oxygen atoms in total. The lowest BCUT2D eigenvalue weighted by Crippen LogP contribution is -2.40. The van der Waals surface area contributed by atoms with Crippen LogP contribution in [0.25, 0.3) is 0 Å². The second kappa shape index (κ2) is 5.95. The van der Waals surface area contributed by atoms with Gasteiger partial charge in [0.1, 0.15) is 0 Å². The standard InChI is InChI=1S/C15H25N3O2/c1-15(7-5-4-6-8-15)11-16-10-12-9-13(19)18(3)14(20)17(12)2/h9,16H,4-8,10-11H2,1-3H3. The van der Waals surface area contributed by atoms with Crippen LogP contribution in [0.15, 0.2) is 15.7 Å². The summed E-state index contributed by atoms with van der Waals surface area (Å²) in [5.41, 5.74) is 0.598. The fourth-order valence-corrected chi connectivity index (χ4v) is 3.02. The predicted octanol–water partition coefficient (Wildman–Crippen LogP) is 1.14. The normalized spacial score (nSPS) is 18.1. The summed E-state index contributed by atoms with van der Waals surface area (Å²) in [7, 11) is 3.21. The molecular formula is C15H25N3O2. The summed E-state index contributed by atoms with van der Waals surface area (Å²) >= 11 is 0. The molecule has 5 heteroatoms. The highest BCUT2D eigenvalue weighted by atomic mass is 16.2. The topological polar surface area (TPSA) is 56.0 Å². The average Bonchev–Trinajstić information content (AvgIpc) is 2.43. The lowest BCUT2D eigenvalue weighted by Gasteiger charge is -2.33. The summed E-state index contributed by atoms with van der Waals surface area (Å²) < 4.78 is 2.67. The average molecular weight is 279 g/mol. The SMILES string of the molecule is Cn1c(CNCC2(C)CCCCC2)cc(=O)n(C)c1=O. The van der Waals surface area contributed by atoms with Crippen LogP contribution in [0.1, 0.15) is 44.7 Å². The van der Waals surface area contributed by atoms with Gasteiger partial charge >= 0.3 is 5.69 Å². The summed E-state index contributed by atoms with van der Waals surface area (Å²) in [5.74, 6) is 0. The minimum Gasteiger partial charge on any atom is -0.311 e. The molecular weight excluding hydrogens is 254 g/mol.